The Morgan fingerprint density at radius 2 is 2.05 bits per heavy atom. The van der Waals surface area contributed by atoms with E-state index >= 15 is 0 Å². The molecule has 0 radical (unpaired) electrons. The van der Waals surface area contributed by atoms with E-state index in [1.807, 2.05) is 13.0 Å². The minimum absolute atomic E-state index is 0.314. The molecule has 3 N–H and O–H groups in total. The van der Waals surface area contributed by atoms with E-state index in [0.29, 0.717) is 17.9 Å². The Labute approximate surface area is 115 Å². The second kappa shape index (κ2) is 8.40. The van der Waals surface area contributed by atoms with Gasteiger partial charge in [-0.2, -0.15) is 0 Å². The number of hydrogen-bond acceptors (Lipinski definition) is 4. The molecule has 0 heterocycles. The fourth-order valence-corrected chi connectivity index (χ4v) is 1.73. The van der Waals surface area contributed by atoms with Gasteiger partial charge in [0.1, 0.15) is 0 Å². The number of unbranched alkanes of at least 4 members (excludes halogenated alkanes) is 2. The van der Waals surface area contributed by atoms with Crippen molar-refractivity contribution in [1.82, 2.24) is 0 Å². The lowest BCUT2D eigenvalue weighted by atomic mass is 10.1. The van der Waals surface area contributed by atoms with Gasteiger partial charge in [0.25, 0.3) is 0 Å². The highest BCUT2D eigenvalue weighted by molar-refractivity contribution is 5.91. The summed E-state index contributed by atoms with van der Waals surface area (Å²) < 4.78 is 5.07. The molecule has 4 nitrogen and oxygen atoms in total. The minimum Gasteiger partial charge on any atom is -0.462 e. The van der Waals surface area contributed by atoms with Crippen LogP contribution < -0.4 is 11.1 Å². The highest BCUT2D eigenvalue weighted by Gasteiger charge is 2.08. The molecule has 0 atom stereocenters. The number of nitrogens with two attached hydrogens (primary N) is 1. The van der Waals surface area contributed by atoms with Crippen molar-refractivity contribution in [3.05, 3.63) is 23.8 Å². The van der Waals surface area contributed by atoms with Crippen LogP contribution in [-0.2, 0) is 4.74 Å². The number of carbonyl (C=O) groups is 1. The lowest BCUT2D eigenvalue weighted by Gasteiger charge is -2.10. The smallest absolute Gasteiger partial charge is 0.338 e. The van der Waals surface area contributed by atoms with Crippen LogP contribution >= 0.6 is 0 Å². The minimum atomic E-state index is -0.314. The van der Waals surface area contributed by atoms with Crippen molar-refractivity contribution in [1.29, 1.82) is 0 Å². The molecule has 1 rings (SSSR count). The molecule has 1 aromatic rings. The maximum absolute atomic E-state index is 11.7. The molecule has 0 aliphatic heterocycles. The maximum Gasteiger partial charge on any atom is 0.338 e. The Morgan fingerprint density at radius 1 is 1.26 bits per heavy atom. The standard InChI is InChI=1S/C15H24N2O2/c1-3-5-6-9-17-14-8-7-12(11-13(14)16)15(18)19-10-4-2/h7-8,11,17H,3-6,9-10,16H2,1-2H3. The number of hydrogen-bond donors (Lipinski definition) is 2. The summed E-state index contributed by atoms with van der Waals surface area (Å²) in [4.78, 5) is 11.7. The molecule has 0 bridgehead atoms. The zero-order chi connectivity index (χ0) is 14.1. The number of esters is 1. The van der Waals surface area contributed by atoms with Gasteiger partial charge in [-0.05, 0) is 31.0 Å². The van der Waals surface area contributed by atoms with E-state index in [1.165, 1.54) is 12.8 Å². The molecule has 4 heteroatoms. The molecular weight excluding hydrogens is 240 g/mol. The normalized spacial score (nSPS) is 10.2. The summed E-state index contributed by atoms with van der Waals surface area (Å²) in [5.74, 6) is -0.314. The number of nitrogen functional groups attached to an aromatic ring is 1. The average molecular weight is 264 g/mol. The molecule has 0 spiro atoms. The van der Waals surface area contributed by atoms with Crippen molar-refractivity contribution in [3.8, 4) is 0 Å². The second-order valence-corrected chi connectivity index (χ2v) is 4.57. The van der Waals surface area contributed by atoms with Gasteiger partial charge in [0.2, 0.25) is 0 Å². The Morgan fingerprint density at radius 3 is 2.68 bits per heavy atom. The van der Waals surface area contributed by atoms with Crippen LogP contribution in [0.2, 0.25) is 0 Å². The van der Waals surface area contributed by atoms with Crippen molar-refractivity contribution in [2.75, 3.05) is 24.2 Å². The lowest BCUT2D eigenvalue weighted by molar-refractivity contribution is 0.0505. The Bertz CT molecular complexity index is 405. The van der Waals surface area contributed by atoms with Crippen LogP contribution in [0.15, 0.2) is 18.2 Å². The van der Waals surface area contributed by atoms with E-state index in [4.69, 9.17) is 10.5 Å². The van der Waals surface area contributed by atoms with Crippen LogP contribution in [0.25, 0.3) is 0 Å². The number of ether oxygens (including phenoxy) is 1. The number of nitrogens with one attached hydrogen (secondary N) is 1. The first-order chi connectivity index (χ1) is 9.19. The topological polar surface area (TPSA) is 64.3 Å². The van der Waals surface area contributed by atoms with E-state index in [0.717, 1.165) is 25.1 Å². The molecule has 0 aromatic heterocycles. The molecular formula is C15H24N2O2. The van der Waals surface area contributed by atoms with E-state index in [1.54, 1.807) is 12.1 Å². The average Bonchev–Trinajstić information content (AvgIpc) is 2.42. The van der Waals surface area contributed by atoms with Crippen LogP contribution in [0.1, 0.15) is 49.9 Å². The maximum atomic E-state index is 11.7. The largest absolute Gasteiger partial charge is 0.462 e. The van der Waals surface area contributed by atoms with E-state index in [2.05, 4.69) is 12.2 Å². The summed E-state index contributed by atoms with van der Waals surface area (Å²) in [7, 11) is 0. The molecule has 0 saturated heterocycles. The van der Waals surface area contributed by atoms with Crippen LogP contribution in [0, 0.1) is 0 Å². The van der Waals surface area contributed by atoms with E-state index in [9.17, 15) is 4.79 Å². The van der Waals surface area contributed by atoms with Crippen molar-refractivity contribution >= 4 is 17.3 Å². The molecule has 0 unspecified atom stereocenters. The molecule has 106 valence electrons. The molecule has 0 fully saturated rings. The lowest BCUT2D eigenvalue weighted by Crippen LogP contribution is -2.08. The third kappa shape index (κ3) is 5.20. The van der Waals surface area contributed by atoms with Crippen molar-refractivity contribution in [2.24, 2.45) is 0 Å². The third-order valence-corrected chi connectivity index (χ3v) is 2.82. The zero-order valence-electron chi connectivity index (χ0n) is 11.9. The monoisotopic (exact) mass is 264 g/mol. The van der Waals surface area contributed by atoms with Gasteiger partial charge in [0.15, 0.2) is 0 Å². The molecule has 0 aliphatic rings. The van der Waals surface area contributed by atoms with Gasteiger partial charge in [-0.3, -0.25) is 0 Å². The molecule has 0 aliphatic carbocycles. The Balaban J connectivity index is 2.56. The first-order valence-corrected chi connectivity index (χ1v) is 6.99. The molecule has 19 heavy (non-hydrogen) atoms. The molecule has 0 saturated carbocycles. The first-order valence-electron chi connectivity index (χ1n) is 6.99. The Kier molecular flexibility index (Phi) is 6.79. The molecule has 0 amide bonds. The predicted molar refractivity (Wildman–Crippen MR) is 79.4 cm³/mol. The van der Waals surface area contributed by atoms with E-state index in [-0.39, 0.29) is 5.97 Å². The van der Waals surface area contributed by atoms with Crippen LogP contribution in [0.5, 0.6) is 0 Å². The van der Waals surface area contributed by atoms with Crippen molar-refractivity contribution in [3.63, 3.8) is 0 Å². The van der Waals surface area contributed by atoms with Gasteiger partial charge in [-0.1, -0.05) is 26.7 Å². The van der Waals surface area contributed by atoms with Crippen molar-refractivity contribution in [2.45, 2.75) is 39.5 Å². The fourth-order valence-electron chi connectivity index (χ4n) is 1.73. The summed E-state index contributed by atoms with van der Waals surface area (Å²) >= 11 is 0. The van der Waals surface area contributed by atoms with Crippen molar-refractivity contribution < 1.29 is 9.53 Å². The Hall–Kier alpha value is -1.71. The summed E-state index contributed by atoms with van der Waals surface area (Å²) in [6.45, 7) is 5.48. The SMILES string of the molecule is CCCCCNc1ccc(C(=O)OCCC)cc1N. The zero-order valence-corrected chi connectivity index (χ0v) is 11.9. The van der Waals surface area contributed by atoms with Crippen LogP contribution in [-0.4, -0.2) is 19.1 Å². The highest BCUT2D eigenvalue weighted by atomic mass is 16.5. The van der Waals surface area contributed by atoms with Gasteiger partial charge in [0, 0.05) is 6.54 Å². The van der Waals surface area contributed by atoms with Crippen LogP contribution in [0.4, 0.5) is 11.4 Å². The number of anilines is 2. The summed E-state index contributed by atoms with van der Waals surface area (Å²) in [6.07, 6.45) is 4.34. The van der Waals surface area contributed by atoms with Gasteiger partial charge < -0.3 is 15.8 Å². The number of rotatable bonds is 8. The first kappa shape index (κ1) is 15.3. The third-order valence-electron chi connectivity index (χ3n) is 2.82. The second-order valence-electron chi connectivity index (χ2n) is 4.57. The number of carbonyl (C=O) groups excluding carboxylic acids is 1. The van der Waals surface area contributed by atoms with Gasteiger partial charge in [0.05, 0.1) is 23.5 Å². The van der Waals surface area contributed by atoms with E-state index < -0.39 is 0 Å². The summed E-state index contributed by atoms with van der Waals surface area (Å²) in [6, 6.07) is 5.25. The number of benzene rings is 1. The van der Waals surface area contributed by atoms with Crippen LogP contribution in [0.3, 0.4) is 0 Å². The molecule has 1 aromatic carbocycles. The van der Waals surface area contributed by atoms with Gasteiger partial charge in [-0.15, -0.1) is 0 Å². The fraction of sp³-hybridized carbons (Fsp3) is 0.533. The van der Waals surface area contributed by atoms with Gasteiger partial charge in [-0.25, -0.2) is 4.79 Å². The highest BCUT2D eigenvalue weighted by Crippen LogP contribution is 2.20. The summed E-state index contributed by atoms with van der Waals surface area (Å²) in [5.41, 5.74) is 7.90. The quantitative estimate of drug-likeness (QED) is 0.429. The summed E-state index contributed by atoms with van der Waals surface area (Å²) in [5, 5.41) is 3.28. The predicted octanol–water partition coefficient (Wildman–Crippen LogP) is 3.44. The van der Waals surface area contributed by atoms with Gasteiger partial charge >= 0.3 is 5.97 Å².